The molecule has 3 aromatic heterocycles. The first kappa shape index (κ1) is 35.2. The molecule has 17 heteroatoms. The number of methoxy groups -OCH3 is 1. The van der Waals surface area contributed by atoms with Crippen molar-refractivity contribution < 1.29 is 27.4 Å². The van der Waals surface area contributed by atoms with E-state index in [0.717, 1.165) is 30.4 Å². The zero-order chi connectivity index (χ0) is 36.1. The number of carbonyl (C=O) groups is 1. The van der Waals surface area contributed by atoms with E-state index in [4.69, 9.17) is 26.8 Å². The molecule has 51 heavy (non-hydrogen) atoms. The molecule has 270 valence electrons. The van der Waals surface area contributed by atoms with E-state index < -0.39 is 23.9 Å². The largest absolute Gasteiger partial charge is 0.467 e. The molecule has 4 aromatic rings. The fourth-order valence-electron chi connectivity index (χ4n) is 7.48. The van der Waals surface area contributed by atoms with Crippen LogP contribution in [0, 0.1) is 23.0 Å². The lowest BCUT2D eigenvalue weighted by molar-refractivity contribution is 0.0245. The molecular formula is C34H37ClF3N9O3S. The summed E-state index contributed by atoms with van der Waals surface area (Å²) in [6, 6.07) is 3.49. The number of rotatable bonds is 4. The summed E-state index contributed by atoms with van der Waals surface area (Å²) >= 11 is 7.56. The van der Waals surface area contributed by atoms with Crippen LogP contribution in [0.2, 0.25) is 5.02 Å². The van der Waals surface area contributed by atoms with Crippen LogP contribution in [0.3, 0.4) is 0 Å². The SMILES string of the molecule is COc1nc2c(c(N3CCCn4nc(C(=O)N(C)C)c(Cl)c4C3)n1)COC(c1c(F)cc(F)c3sc(N)c(C#N)c13)C2.FC1CC2CCCN2C1. The van der Waals surface area contributed by atoms with E-state index in [-0.39, 0.29) is 61.9 Å². The van der Waals surface area contributed by atoms with Crippen LogP contribution in [0.5, 0.6) is 6.01 Å². The average molecular weight is 744 g/mol. The number of nitriles is 1. The number of carbonyl (C=O) groups excluding carboxylic acids is 1. The number of benzene rings is 1. The minimum atomic E-state index is -0.867. The van der Waals surface area contributed by atoms with Gasteiger partial charge >= 0.3 is 6.01 Å². The molecule has 2 N–H and O–H groups in total. The molecule has 0 radical (unpaired) electrons. The number of nitrogens with two attached hydrogens (primary N) is 1. The summed E-state index contributed by atoms with van der Waals surface area (Å²) in [5, 5.41) is 14.7. The molecule has 4 aliphatic rings. The Morgan fingerprint density at radius 1 is 1.22 bits per heavy atom. The van der Waals surface area contributed by atoms with Crippen LogP contribution in [0.15, 0.2) is 6.07 Å². The van der Waals surface area contributed by atoms with Crippen molar-refractivity contribution in [1.82, 2.24) is 29.5 Å². The van der Waals surface area contributed by atoms with E-state index in [0.29, 0.717) is 61.4 Å². The lowest BCUT2D eigenvalue weighted by Gasteiger charge is -2.30. The Balaban J connectivity index is 0.000000389. The number of nitrogen functional groups attached to an aromatic ring is 1. The van der Waals surface area contributed by atoms with Crippen molar-refractivity contribution in [2.45, 2.75) is 70.1 Å². The van der Waals surface area contributed by atoms with Crippen LogP contribution in [-0.4, -0.2) is 88.5 Å². The zero-order valence-electron chi connectivity index (χ0n) is 28.4. The van der Waals surface area contributed by atoms with Gasteiger partial charge in [-0.2, -0.15) is 20.3 Å². The van der Waals surface area contributed by atoms with Gasteiger partial charge in [0.25, 0.3) is 5.91 Å². The van der Waals surface area contributed by atoms with E-state index >= 15 is 4.39 Å². The molecular weight excluding hydrogens is 707 g/mol. The predicted molar refractivity (Wildman–Crippen MR) is 186 cm³/mol. The van der Waals surface area contributed by atoms with Gasteiger partial charge in [-0.05, 0) is 32.2 Å². The molecule has 8 rings (SSSR count). The second kappa shape index (κ2) is 14.1. The van der Waals surface area contributed by atoms with Crippen molar-refractivity contribution in [3.63, 3.8) is 0 Å². The molecule has 4 aliphatic heterocycles. The number of thiophene rings is 1. The molecule has 0 aliphatic carbocycles. The Kier molecular flexibility index (Phi) is 9.74. The van der Waals surface area contributed by atoms with Gasteiger partial charge in [-0.15, -0.1) is 11.3 Å². The minimum Gasteiger partial charge on any atom is -0.467 e. The molecule has 2 fully saturated rings. The van der Waals surface area contributed by atoms with Crippen LogP contribution in [0.25, 0.3) is 10.1 Å². The maximum Gasteiger partial charge on any atom is 0.318 e. The molecule has 0 saturated carbocycles. The first-order valence-corrected chi connectivity index (χ1v) is 17.9. The summed E-state index contributed by atoms with van der Waals surface area (Å²) in [6.45, 7) is 3.35. The Bertz CT molecular complexity index is 2040. The van der Waals surface area contributed by atoms with Crippen molar-refractivity contribution in [2.75, 3.05) is 51.5 Å². The Morgan fingerprint density at radius 2 is 2.02 bits per heavy atom. The summed E-state index contributed by atoms with van der Waals surface area (Å²) < 4.78 is 56.0. The number of ether oxygens (including phenoxy) is 2. The van der Waals surface area contributed by atoms with Gasteiger partial charge in [-0.25, -0.2) is 13.2 Å². The summed E-state index contributed by atoms with van der Waals surface area (Å²) in [4.78, 5) is 27.5. The molecule has 0 bridgehead atoms. The summed E-state index contributed by atoms with van der Waals surface area (Å²) in [5.41, 5.74) is 8.17. The highest BCUT2D eigenvalue weighted by Gasteiger charge is 2.36. The van der Waals surface area contributed by atoms with Crippen LogP contribution in [-0.2, 0) is 30.9 Å². The van der Waals surface area contributed by atoms with Crippen LogP contribution in [0.1, 0.15) is 70.4 Å². The fourth-order valence-corrected chi connectivity index (χ4v) is 8.70. The predicted octanol–water partition coefficient (Wildman–Crippen LogP) is 5.40. The lowest BCUT2D eigenvalue weighted by Crippen LogP contribution is -2.29. The maximum atomic E-state index is 15.3. The molecule has 1 amide bonds. The smallest absolute Gasteiger partial charge is 0.318 e. The number of amides is 1. The number of fused-ring (bicyclic) bond motifs is 4. The van der Waals surface area contributed by atoms with Gasteiger partial charge < -0.3 is 25.0 Å². The van der Waals surface area contributed by atoms with Crippen molar-refractivity contribution in [1.29, 1.82) is 5.26 Å². The Hall–Kier alpha value is -4.17. The van der Waals surface area contributed by atoms with E-state index in [1.54, 1.807) is 18.8 Å². The van der Waals surface area contributed by atoms with E-state index in [9.17, 15) is 18.8 Å². The minimum absolute atomic E-state index is 0.0175. The first-order chi connectivity index (χ1) is 24.5. The number of anilines is 2. The van der Waals surface area contributed by atoms with Gasteiger partial charge in [0.1, 0.15) is 34.7 Å². The third kappa shape index (κ3) is 6.45. The second-order valence-electron chi connectivity index (χ2n) is 13.3. The van der Waals surface area contributed by atoms with Gasteiger partial charge in [0.05, 0.1) is 53.0 Å². The van der Waals surface area contributed by atoms with Gasteiger partial charge in [-0.1, -0.05) is 11.6 Å². The Labute approximate surface area is 301 Å². The van der Waals surface area contributed by atoms with Crippen molar-refractivity contribution >= 4 is 49.7 Å². The standard InChI is InChI=1S/C27H25ClF2N8O3S.C7H12FN/c1-36(2)26(39)22-21(28)17-10-37(5-4-6-38(17)35-22)25-13-11-41-18(8-16(13)33-27(34-25)40-3)20-14(29)7-15(30)23-19(20)12(9-31)24(32)42-23;8-6-4-7-2-1-3-9(7)5-6/h7,18H,4-6,8,10-11,32H2,1-3H3;6-7H,1-5H2. The number of aromatic nitrogens is 4. The summed E-state index contributed by atoms with van der Waals surface area (Å²) in [5.74, 6) is -1.35. The monoisotopic (exact) mass is 743 g/mol. The highest BCUT2D eigenvalue weighted by Crippen LogP contribution is 2.44. The van der Waals surface area contributed by atoms with Crippen LogP contribution >= 0.6 is 22.9 Å². The number of aryl methyl sites for hydroxylation is 1. The second-order valence-corrected chi connectivity index (χ2v) is 14.7. The quantitative estimate of drug-likeness (QED) is 0.289. The van der Waals surface area contributed by atoms with Crippen molar-refractivity contribution in [3.05, 3.63) is 56.5 Å². The molecule has 3 unspecified atom stereocenters. The van der Waals surface area contributed by atoms with Crippen molar-refractivity contribution in [2.24, 2.45) is 0 Å². The first-order valence-electron chi connectivity index (χ1n) is 16.7. The number of hydrogen-bond donors (Lipinski definition) is 1. The number of nitrogens with zero attached hydrogens (tertiary/aromatic N) is 8. The lowest BCUT2D eigenvalue weighted by atomic mass is 9.94. The molecule has 3 atom stereocenters. The molecule has 2 saturated heterocycles. The maximum absolute atomic E-state index is 15.3. The third-order valence-corrected chi connectivity index (χ3v) is 11.3. The fraction of sp³-hybridized carbons (Fsp3) is 0.500. The van der Waals surface area contributed by atoms with Crippen molar-refractivity contribution in [3.8, 4) is 12.1 Å². The third-order valence-electron chi connectivity index (χ3n) is 9.91. The van der Waals surface area contributed by atoms with Crippen LogP contribution < -0.4 is 15.4 Å². The van der Waals surface area contributed by atoms with E-state index in [2.05, 4.69) is 20.0 Å². The summed E-state index contributed by atoms with van der Waals surface area (Å²) in [6.07, 6.45) is 2.76. The number of alkyl halides is 1. The zero-order valence-corrected chi connectivity index (χ0v) is 30.0. The van der Waals surface area contributed by atoms with Gasteiger partial charge in [0, 0.05) is 68.8 Å². The molecule has 7 heterocycles. The number of halogens is 4. The normalized spacial score (nSPS) is 21.3. The van der Waals surface area contributed by atoms with Gasteiger partial charge in [0.15, 0.2) is 5.69 Å². The Morgan fingerprint density at radius 3 is 2.75 bits per heavy atom. The molecule has 0 spiro atoms. The average Bonchev–Trinajstić information content (AvgIpc) is 3.82. The van der Waals surface area contributed by atoms with Crippen LogP contribution in [0.4, 0.5) is 24.0 Å². The topological polar surface area (TPSA) is 139 Å². The number of hydrogen-bond acceptors (Lipinski definition) is 11. The highest BCUT2D eigenvalue weighted by atomic mass is 35.5. The molecule has 12 nitrogen and oxygen atoms in total. The highest BCUT2D eigenvalue weighted by molar-refractivity contribution is 7.23. The van der Waals surface area contributed by atoms with E-state index in [1.807, 2.05) is 11.0 Å². The summed E-state index contributed by atoms with van der Waals surface area (Å²) in [7, 11) is 4.73. The van der Waals surface area contributed by atoms with Gasteiger partial charge in [-0.3, -0.25) is 14.4 Å². The molecule has 1 aromatic carbocycles. The van der Waals surface area contributed by atoms with E-state index in [1.165, 1.54) is 24.9 Å². The van der Waals surface area contributed by atoms with Gasteiger partial charge in [0.2, 0.25) is 0 Å².